The normalized spacial score (nSPS) is 11.8. The van der Waals surface area contributed by atoms with Crippen LogP contribution in [0.3, 0.4) is 0 Å². The third kappa shape index (κ3) is 4.98. The van der Waals surface area contributed by atoms with Crippen molar-refractivity contribution in [3.63, 3.8) is 0 Å². The van der Waals surface area contributed by atoms with E-state index in [0.29, 0.717) is 13.0 Å². The fourth-order valence-corrected chi connectivity index (χ4v) is 5.08. The summed E-state index contributed by atoms with van der Waals surface area (Å²) >= 11 is 0. The Morgan fingerprint density at radius 1 is 0.944 bits per heavy atom. The highest BCUT2D eigenvalue weighted by Crippen LogP contribution is 2.26. The van der Waals surface area contributed by atoms with E-state index in [4.69, 9.17) is 4.98 Å². The Bertz CT molecular complexity index is 1580. The molecular formula is C27H26N6O2S. The predicted molar refractivity (Wildman–Crippen MR) is 141 cm³/mol. The minimum absolute atomic E-state index is 0.233. The van der Waals surface area contributed by atoms with Crippen LogP contribution < -0.4 is 5.32 Å². The molecule has 2 aromatic carbocycles. The lowest BCUT2D eigenvalue weighted by atomic mass is 10.1. The number of anilines is 2. The van der Waals surface area contributed by atoms with E-state index in [1.807, 2.05) is 67.6 Å². The quantitative estimate of drug-likeness (QED) is 0.333. The first-order valence-corrected chi connectivity index (χ1v) is 13.0. The van der Waals surface area contributed by atoms with E-state index in [1.165, 1.54) is 4.31 Å². The molecule has 0 unspecified atom stereocenters. The minimum Gasteiger partial charge on any atom is -0.340 e. The number of aromatic nitrogens is 4. The van der Waals surface area contributed by atoms with Gasteiger partial charge in [-0.2, -0.15) is 9.61 Å². The van der Waals surface area contributed by atoms with Gasteiger partial charge in [-0.3, -0.25) is 4.98 Å². The molecule has 0 atom stereocenters. The van der Waals surface area contributed by atoms with E-state index in [1.54, 1.807) is 42.0 Å². The van der Waals surface area contributed by atoms with Gasteiger partial charge in [0.15, 0.2) is 5.65 Å². The number of nitrogens with one attached hydrogen (secondary N) is 1. The Kier molecular flexibility index (Phi) is 6.49. The number of rotatable bonds is 8. The van der Waals surface area contributed by atoms with Crippen molar-refractivity contribution in [3.05, 3.63) is 103 Å². The number of likely N-dealkylation sites (N-methyl/N-ethyl adjacent to an activating group) is 1. The number of sulfonamides is 1. The molecule has 0 aliphatic rings. The fraction of sp³-hybridized carbons (Fsp3) is 0.148. The summed E-state index contributed by atoms with van der Waals surface area (Å²) in [4.78, 5) is 9.24. The standard InChI is InChI=1S/C27H26N6O2S/c1-20-18-26-30-25(21-8-4-3-5-9-21)19-27(33(26)31-20)29-23-11-13-24(14-12-23)36(34,35)32(2)17-15-22-10-6-7-16-28-22/h3-14,16,18-19,29H,15,17H2,1-2H3. The van der Waals surface area contributed by atoms with Crippen LogP contribution in [0.4, 0.5) is 11.5 Å². The molecule has 5 rings (SSSR count). The summed E-state index contributed by atoms with van der Waals surface area (Å²) in [5.41, 5.74) is 4.99. The summed E-state index contributed by atoms with van der Waals surface area (Å²) in [6.45, 7) is 2.26. The third-order valence-corrected chi connectivity index (χ3v) is 7.73. The van der Waals surface area contributed by atoms with Crippen molar-refractivity contribution in [1.82, 2.24) is 23.9 Å². The van der Waals surface area contributed by atoms with E-state index in [-0.39, 0.29) is 4.90 Å². The summed E-state index contributed by atoms with van der Waals surface area (Å²) in [7, 11) is -2.04. The van der Waals surface area contributed by atoms with Crippen LogP contribution in [-0.4, -0.2) is 45.9 Å². The highest BCUT2D eigenvalue weighted by Gasteiger charge is 2.20. The summed E-state index contributed by atoms with van der Waals surface area (Å²) in [5, 5.41) is 7.92. The molecule has 8 nitrogen and oxygen atoms in total. The van der Waals surface area contributed by atoms with Crippen LogP contribution >= 0.6 is 0 Å². The highest BCUT2D eigenvalue weighted by molar-refractivity contribution is 7.89. The molecule has 182 valence electrons. The maximum atomic E-state index is 13.1. The average molecular weight is 499 g/mol. The first kappa shape index (κ1) is 23.7. The number of pyridine rings is 1. The molecule has 0 bridgehead atoms. The van der Waals surface area contributed by atoms with Crippen molar-refractivity contribution in [2.75, 3.05) is 18.9 Å². The summed E-state index contributed by atoms with van der Waals surface area (Å²) in [6, 6.07) is 26.2. The maximum absolute atomic E-state index is 13.1. The Balaban J connectivity index is 1.37. The lowest BCUT2D eigenvalue weighted by molar-refractivity contribution is 0.471. The lowest BCUT2D eigenvalue weighted by Crippen LogP contribution is -2.29. The Labute approximate surface area is 210 Å². The zero-order valence-corrected chi connectivity index (χ0v) is 20.9. The largest absolute Gasteiger partial charge is 0.340 e. The van der Waals surface area contributed by atoms with Gasteiger partial charge < -0.3 is 5.32 Å². The Hall–Kier alpha value is -4.08. The van der Waals surface area contributed by atoms with Crippen LogP contribution in [0.5, 0.6) is 0 Å². The lowest BCUT2D eigenvalue weighted by Gasteiger charge is -2.17. The average Bonchev–Trinajstić information content (AvgIpc) is 3.29. The smallest absolute Gasteiger partial charge is 0.242 e. The van der Waals surface area contributed by atoms with Crippen molar-refractivity contribution >= 4 is 27.2 Å². The summed E-state index contributed by atoms with van der Waals surface area (Å²) in [5.74, 6) is 0.732. The van der Waals surface area contributed by atoms with Gasteiger partial charge in [-0.25, -0.2) is 17.7 Å². The van der Waals surface area contributed by atoms with Gasteiger partial charge in [-0.15, -0.1) is 0 Å². The van der Waals surface area contributed by atoms with Gasteiger partial charge in [0.05, 0.1) is 16.3 Å². The second-order valence-corrected chi connectivity index (χ2v) is 10.5. The molecule has 36 heavy (non-hydrogen) atoms. The van der Waals surface area contributed by atoms with Crippen LogP contribution in [0.1, 0.15) is 11.4 Å². The highest BCUT2D eigenvalue weighted by atomic mass is 32.2. The van der Waals surface area contributed by atoms with E-state index >= 15 is 0 Å². The second-order valence-electron chi connectivity index (χ2n) is 8.50. The fourth-order valence-electron chi connectivity index (χ4n) is 3.91. The number of fused-ring (bicyclic) bond motifs is 1. The molecule has 0 fully saturated rings. The van der Waals surface area contributed by atoms with Gasteiger partial charge in [0, 0.05) is 55.3 Å². The molecule has 1 N–H and O–H groups in total. The number of hydrogen-bond acceptors (Lipinski definition) is 6. The van der Waals surface area contributed by atoms with Crippen LogP contribution in [0, 0.1) is 6.92 Å². The molecule has 0 aliphatic carbocycles. The number of aryl methyl sites for hydroxylation is 1. The summed E-state index contributed by atoms with van der Waals surface area (Å²) in [6.07, 6.45) is 2.25. The molecule has 0 radical (unpaired) electrons. The maximum Gasteiger partial charge on any atom is 0.242 e. The Morgan fingerprint density at radius 3 is 2.42 bits per heavy atom. The Morgan fingerprint density at radius 2 is 1.69 bits per heavy atom. The van der Waals surface area contributed by atoms with Gasteiger partial charge in [-0.1, -0.05) is 36.4 Å². The van der Waals surface area contributed by atoms with Gasteiger partial charge in [0.2, 0.25) is 10.0 Å². The predicted octanol–water partition coefficient (Wildman–Crippen LogP) is 4.71. The van der Waals surface area contributed by atoms with Crippen LogP contribution in [0.25, 0.3) is 16.9 Å². The van der Waals surface area contributed by atoms with Gasteiger partial charge >= 0.3 is 0 Å². The summed E-state index contributed by atoms with van der Waals surface area (Å²) < 4.78 is 29.2. The number of nitrogens with zero attached hydrogens (tertiary/aromatic N) is 5. The third-order valence-electron chi connectivity index (χ3n) is 5.86. The molecule has 0 saturated carbocycles. The van der Waals surface area contributed by atoms with Gasteiger partial charge in [-0.05, 0) is 43.3 Å². The molecular weight excluding hydrogens is 472 g/mol. The zero-order valence-electron chi connectivity index (χ0n) is 20.0. The zero-order chi connectivity index (χ0) is 25.1. The van der Waals surface area contributed by atoms with Crippen molar-refractivity contribution in [3.8, 4) is 11.3 Å². The van der Waals surface area contributed by atoms with Crippen molar-refractivity contribution < 1.29 is 8.42 Å². The molecule has 3 aromatic heterocycles. The molecule has 9 heteroatoms. The first-order chi connectivity index (χ1) is 17.4. The molecule has 0 aliphatic heterocycles. The minimum atomic E-state index is -3.62. The van der Waals surface area contributed by atoms with E-state index < -0.39 is 10.0 Å². The monoisotopic (exact) mass is 498 g/mol. The SMILES string of the molecule is Cc1cc2nc(-c3ccccc3)cc(Nc3ccc(S(=O)(=O)N(C)CCc4ccccn4)cc3)n2n1. The molecule has 5 aromatic rings. The number of hydrogen-bond donors (Lipinski definition) is 1. The van der Waals surface area contributed by atoms with E-state index in [0.717, 1.165) is 39.8 Å². The molecule has 3 heterocycles. The van der Waals surface area contributed by atoms with Crippen molar-refractivity contribution in [2.24, 2.45) is 0 Å². The van der Waals surface area contributed by atoms with Gasteiger partial charge in [0.1, 0.15) is 5.82 Å². The molecule has 0 spiro atoms. The first-order valence-electron chi connectivity index (χ1n) is 11.6. The van der Waals surface area contributed by atoms with Crippen LogP contribution in [-0.2, 0) is 16.4 Å². The second kappa shape index (κ2) is 9.88. The van der Waals surface area contributed by atoms with E-state index in [9.17, 15) is 8.42 Å². The topological polar surface area (TPSA) is 92.5 Å². The van der Waals surface area contributed by atoms with Crippen LogP contribution in [0.15, 0.2) is 96.0 Å². The molecule has 0 amide bonds. The number of benzene rings is 2. The van der Waals surface area contributed by atoms with Gasteiger partial charge in [0.25, 0.3) is 0 Å². The molecule has 0 saturated heterocycles. The van der Waals surface area contributed by atoms with Crippen molar-refractivity contribution in [2.45, 2.75) is 18.2 Å². The van der Waals surface area contributed by atoms with E-state index in [2.05, 4.69) is 15.4 Å². The van der Waals surface area contributed by atoms with Crippen LogP contribution in [0.2, 0.25) is 0 Å². The van der Waals surface area contributed by atoms with Crippen molar-refractivity contribution in [1.29, 1.82) is 0 Å².